The van der Waals surface area contributed by atoms with Crippen LogP contribution in [0.25, 0.3) is 0 Å². The maximum atomic E-state index is 12.8. The number of alkyl halides is 3. The van der Waals surface area contributed by atoms with E-state index in [4.69, 9.17) is 4.74 Å². The Hall–Kier alpha value is -2.14. The van der Waals surface area contributed by atoms with Gasteiger partial charge in [-0.05, 0) is 12.8 Å². The number of hydrogen-bond donors (Lipinski definition) is 1. The van der Waals surface area contributed by atoms with Crippen molar-refractivity contribution >= 4 is 28.1 Å². The van der Waals surface area contributed by atoms with Crippen molar-refractivity contribution in [3.8, 4) is 0 Å². The Morgan fingerprint density at radius 1 is 1.07 bits per heavy atom. The topological polar surface area (TPSA) is 66.4 Å². The second kappa shape index (κ2) is 8.08. The lowest BCUT2D eigenvalue weighted by Crippen LogP contribution is -2.42. The first-order valence-corrected chi connectivity index (χ1v) is 10.00. The number of thiazole rings is 1. The Kier molecular flexibility index (Phi) is 5.54. The Morgan fingerprint density at radius 3 is 2.54 bits per heavy atom. The Labute approximate surface area is 164 Å². The van der Waals surface area contributed by atoms with Crippen molar-refractivity contribution < 1.29 is 17.9 Å². The molecule has 0 saturated carbocycles. The molecule has 0 bridgehead atoms. The maximum Gasteiger partial charge on any atom is 0.427 e. The molecule has 152 valence electrons. The molecule has 1 unspecified atom stereocenters. The fourth-order valence-corrected chi connectivity index (χ4v) is 4.19. The highest BCUT2D eigenvalue weighted by molar-refractivity contribution is 7.15. The van der Waals surface area contributed by atoms with Crippen LogP contribution in [-0.4, -0.2) is 60.4 Å². The van der Waals surface area contributed by atoms with Gasteiger partial charge in [0.25, 0.3) is 0 Å². The number of nitrogens with zero attached hydrogens (tertiary/aromatic N) is 5. The van der Waals surface area contributed by atoms with Crippen LogP contribution in [0, 0.1) is 0 Å². The molecular formula is C17H21F3N6OS. The van der Waals surface area contributed by atoms with E-state index >= 15 is 0 Å². The molecule has 28 heavy (non-hydrogen) atoms. The summed E-state index contributed by atoms with van der Waals surface area (Å²) in [5.41, 5.74) is 0. The SMILES string of the molecule is FC(F)(F)c1cnc(NC2CCCN(c3cc(N4CCOCC4)ncn3)C2)s1. The third-order valence-electron chi connectivity index (χ3n) is 4.83. The summed E-state index contributed by atoms with van der Waals surface area (Å²) < 4.78 is 43.7. The summed E-state index contributed by atoms with van der Waals surface area (Å²) in [5, 5.41) is 3.45. The molecule has 2 aliphatic heterocycles. The van der Waals surface area contributed by atoms with Gasteiger partial charge in [0.1, 0.15) is 22.8 Å². The number of morpholine rings is 1. The zero-order valence-corrected chi connectivity index (χ0v) is 16.0. The first-order chi connectivity index (χ1) is 13.5. The predicted molar refractivity (Wildman–Crippen MR) is 101 cm³/mol. The fourth-order valence-electron chi connectivity index (χ4n) is 3.43. The van der Waals surface area contributed by atoms with E-state index in [1.165, 1.54) is 0 Å². The van der Waals surface area contributed by atoms with Crippen molar-refractivity contribution in [2.24, 2.45) is 0 Å². The summed E-state index contributed by atoms with van der Waals surface area (Å²) in [5.74, 6) is 1.70. The van der Waals surface area contributed by atoms with E-state index in [1.807, 2.05) is 6.07 Å². The van der Waals surface area contributed by atoms with Crippen LogP contribution in [0.2, 0.25) is 0 Å². The molecule has 11 heteroatoms. The van der Waals surface area contributed by atoms with Crippen LogP contribution in [0.15, 0.2) is 18.6 Å². The van der Waals surface area contributed by atoms with Crippen molar-refractivity contribution in [2.75, 3.05) is 54.5 Å². The molecule has 0 radical (unpaired) electrons. The van der Waals surface area contributed by atoms with Crippen LogP contribution >= 0.6 is 11.3 Å². The van der Waals surface area contributed by atoms with Crippen molar-refractivity contribution in [3.05, 3.63) is 23.5 Å². The molecule has 2 aliphatic rings. The second-order valence-electron chi connectivity index (χ2n) is 6.79. The van der Waals surface area contributed by atoms with Crippen LogP contribution in [0.5, 0.6) is 0 Å². The fraction of sp³-hybridized carbons (Fsp3) is 0.588. The summed E-state index contributed by atoms with van der Waals surface area (Å²) in [7, 11) is 0. The van der Waals surface area contributed by atoms with Gasteiger partial charge in [-0.3, -0.25) is 0 Å². The standard InChI is InChI=1S/C17H21F3N6OS/c18-17(19,20)13-9-21-16(28-13)24-12-2-1-3-26(10-12)15-8-14(22-11-23-15)25-4-6-27-7-5-25/h8-9,11-12H,1-7,10H2,(H,21,24). The molecule has 7 nitrogen and oxygen atoms in total. The van der Waals surface area contributed by atoms with Gasteiger partial charge in [0.15, 0.2) is 5.13 Å². The summed E-state index contributed by atoms with van der Waals surface area (Å²) in [6.45, 7) is 4.47. The van der Waals surface area contributed by atoms with E-state index < -0.39 is 11.1 Å². The normalized spacial score (nSPS) is 21.0. The van der Waals surface area contributed by atoms with Crippen LogP contribution < -0.4 is 15.1 Å². The van der Waals surface area contributed by atoms with Crippen LogP contribution in [-0.2, 0) is 10.9 Å². The highest BCUT2D eigenvalue weighted by atomic mass is 32.1. The first kappa shape index (κ1) is 19.2. The number of ether oxygens (including phenoxy) is 1. The maximum absolute atomic E-state index is 12.8. The third kappa shape index (κ3) is 4.46. The minimum absolute atomic E-state index is 0.0165. The predicted octanol–water partition coefficient (Wildman–Crippen LogP) is 2.87. The van der Waals surface area contributed by atoms with Crippen LogP contribution in [0.4, 0.5) is 29.9 Å². The van der Waals surface area contributed by atoms with Crippen LogP contribution in [0.3, 0.4) is 0 Å². The van der Waals surface area contributed by atoms with Crippen molar-refractivity contribution in [1.29, 1.82) is 0 Å². The number of piperidine rings is 1. The molecule has 1 N–H and O–H groups in total. The molecule has 0 spiro atoms. The Morgan fingerprint density at radius 2 is 1.82 bits per heavy atom. The summed E-state index contributed by atoms with van der Waals surface area (Å²) in [4.78, 5) is 16.3. The molecule has 2 aromatic rings. The molecule has 0 aliphatic carbocycles. The highest BCUT2D eigenvalue weighted by Gasteiger charge is 2.33. The Balaban J connectivity index is 1.41. The lowest BCUT2D eigenvalue weighted by Gasteiger charge is -2.34. The van der Waals surface area contributed by atoms with E-state index in [-0.39, 0.29) is 6.04 Å². The quantitative estimate of drug-likeness (QED) is 0.825. The number of rotatable bonds is 4. The number of aromatic nitrogens is 3. The average Bonchev–Trinajstić information content (AvgIpc) is 3.18. The molecule has 0 aromatic carbocycles. The van der Waals surface area contributed by atoms with Crippen molar-refractivity contribution in [2.45, 2.75) is 25.1 Å². The number of hydrogen-bond acceptors (Lipinski definition) is 8. The van der Waals surface area contributed by atoms with Gasteiger partial charge in [-0.2, -0.15) is 13.2 Å². The molecule has 2 fully saturated rings. The van der Waals surface area contributed by atoms with Gasteiger partial charge < -0.3 is 19.9 Å². The van der Waals surface area contributed by atoms with E-state index in [0.29, 0.717) is 36.2 Å². The zero-order chi connectivity index (χ0) is 19.6. The van der Waals surface area contributed by atoms with Gasteiger partial charge in [-0.1, -0.05) is 11.3 Å². The van der Waals surface area contributed by atoms with Crippen molar-refractivity contribution in [1.82, 2.24) is 15.0 Å². The van der Waals surface area contributed by atoms with Crippen LogP contribution in [0.1, 0.15) is 17.7 Å². The number of halogens is 3. The lowest BCUT2D eigenvalue weighted by molar-refractivity contribution is -0.134. The number of anilines is 3. The molecule has 2 saturated heterocycles. The van der Waals surface area contributed by atoms with E-state index in [9.17, 15) is 13.2 Å². The van der Waals surface area contributed by atoms with Gasteiger partial charge in [-0.15, -0.1) is 0 Å². The zero-order valence-electron chi connectivity index (χ0n) is 15.2. The van der Waals surface area contributed by atoms with Gasteiger partial charge in [0, 0.05) is 38.3 Å². The van der Waals surface area contributed by atoms with Gasteiger partial charge >= 0.3 is 6.18 Å². The summed E-state index contributed by atoms with van der Waals surface area (Å²) >= 11 is 0.642. The summed E-state index contributed by atoms with van der Waals surface area (Å²) in [6.07, 6.45) is -0.113. The molecule has 4 rings (SSSR count). The third-order valence-corrected chi connectivity index (χ3v) is 5.80. The van der Waals surface area contributed by atoms with Gasteiger partial charge in [0.05, 0.1) is 19.4 Å². The second-order valence-corrected chi connectivity index (χ2v) is 7.82. The Bertz CT molecular complexity index is 795. The van der Waals surface area contributed by atoms with E-state index in [1.54, 1.807) is 6.33 Å². The molecular weight excluding hydrogens is 393 g/mol. The minimum atomic E-state index is -4.35. The van der Waals surface area contributed by atoms with E-state index in [0.717, 1.165) is 50.3 Å². The van der Waals surface area contributed by atoms with Gasteiger partial charge in [0.2, 0.25) is 0 Å². The molecule has 1 atom stereocenters. The molecule has 0 amide bonds. The van der Waals surface area contributed by atoms with E-state index in [2.05, 4.69) is 30.1 Å². The highest BCUT2D eigenvalue weighted by Crippen LogP contribution is 2.35. The lowest BCUT2D eigenvalue weighted by atomic mass is 10.1. The largest absolute Gasteiger partial charge is 0.427 e. The first-order valence-electron chi connectivity index (χ1n) is 9.18. The van der Waals surface area contributed by atoms with Gasteiger partial charge in [-0.25, -0.2) is 15.0 Å². The number of nitrogens with one attached hydrogen (secondary N) is 1. The molecule has 2 aromatic heterocycles. The minimum Gasteiger partial charge on any atom is -0.378 e. The molecule has 4 heterocycles. The average molecular weight is 414 g/mol. The monoisotopic (exact) mass is 414 g/mol. The van der Waals surface area contributed by atoms with Crippen molar-refractivity contribution in [3.63, 3.8) is 0 Å². The summed E-state index contributed by atoms with van der Waals surface area (Å²) in [6, 6.07) is 1.99. The smallest absolute Gasteiger partial charge is 0.378 e.